The fraction of sp³-hybridized carbons (Fsp3) is 0.278. The van der Waals surface area contributed by atoms with E-state index in [0.717, 1.165) is 15.2 Å². The third-order valence-corrected chi connectivity index (χ3v) is 6.46. The fourth-order valence-corrected chi connectivity index (χ4v) is 4.60. The highest BCUT2D eigenvalue weighted by Gasteiger charge is 2.22. The summed E-state index contributed by atoms with van der Waals surface area (Å²) in [6, 6.07) is 6.46. The molecule has 1 amide bonds. The summed E-state index contributed by atoms with van der Waals surface area (Å²) in [5.41, 5.74) is 1.84. The Balaban J connectivity index is 1.82. The number of aromatic nitrogens is 2. The maximum absolute atomic E-state index is 12.6. The van der Waals surface area contributed by atoms with Gasteiger partial charge in [0.25, 0.3) is 0 Å². The monoisotopic (exact) mass is 373 g/mol. The summed E-state index contributed by atoms with van der Waals surface area (Å²) >= 11 is 3.12. The molecule has 3 aromatic rings. The normalized spacial score (nSPS) is 12.3. The molecule has 130 valence electrons. The van der Waals surface area contributed by atoms with Gasteiger partial charge in [0.15, 0.2) is 0 Å². The molecule has 0 saturated carbocycles. The average Bonchev–Trinajstić information content (AvgIpc) is 2.89. The Kier molecular flexibility index (Phi) is 5.24. The fourth-order valence-electron chi connectivity index (χ4n) is 2.46. The predicted molar refractivity (Wildman–Crippen MR) is 104 cm³/mol. The van der Waals surface area contributed by atoms with E-state index >= 15 is 0 Å². The minimum absolute atomic E-state index is 0.0745. The molecule has 0 radical (unpaired) electrons. The average molecular weight is 374 g/mol. The number of nitrogens with zero attached hydrogens (tertiary/aromatic N) is 2. The lowest BCUT2D eigenvalue weighted by Gasteiger charge is -2.15. The zero-order chi connectivity index (χ0) is 18.0. The number of carbonyl (C=O) groups is 1. The van der Waals surface area contributed by atoms with E-state index < -0.39 is 0 Å². The van der Waals surface area contributed by atoms with E-state index in [1.54, 1.807) is 41.9 Å². The maximum atomic E-state index is 12.6. The van der Waals surface area contributed by atoms with Crippen LogP contribution in [0.15, 0.2) is 35.6 Å². The van der Waals surface area contributed by atoms with Crippen molar-refractivity contribution in [1.82, 2.24) is 9.97 Å². The van der Waals surface area contributed by atoms with Crippen molar-refractivity contribution in [2.24, 2.45) is 0 Å². The molecule has 0 aliphatic rings. The second-order valence-corrected chi connectivity index (χ2v) is 8.09. The number of anilines is 1. The van der Waals surface area contributed by atoms with Crippen molar-refractivity contribution in [1.29, 1.82) is 0 Å². The SMILES string of the molecule is CCC(Sc1ncnc2sc(C)c(C)c12)C(=O)Nc1ccc(O)cc1. The van der Waals surface area contributed by atoms with Crippen LogP contribution in [0.2, 0.25) is 0 Å². The molecule has 2 heterocycles. The number of aryl methyl sites for hydroxylation is 2. The molecule has 5 nitrogen and oxygen atoms in total. The Bertz CT molecular complexity index is 907. The number of nitrogens with one attached hydrogen (secondary N) is 1. The highest BCUT2D eigenvalue weighted by molar-refractivity contribution is 8.00. The Morgan fingerprint density at radius 2 is 2.00 bits per heavy atom. The molecule has 7 heteroatoms. The number of carbonyl (C=O) groups excluding carboxylic acids is 1. The van der Waals surface area contributed by atoms with Crippen LogP contribution in [0.25, 0.3) is 10.2 Å². The number of thioether (sulfide) groups is 1. The Morgan fingerprint density at radius 3 is 2.68 bits per heavy atom. The van der Waals surface area contributed by atoms with Gasteiger partial charge in [0.2, 0.25) is 5.91 Å². The van der Waals surface area contributed by atoms with E-state index in [-0.39, 0.29) is 16.9 Å². The second kappa shape index (κ2) is 7.41. The summed E-state index contributed by atoms with van der Waals surface area (Å²) in [4.78, 5) is 23.6. The van der Waals surface area contributed by atoms with Gasteiger partial charge in [0.1, 0.15) is 21.9 Å². The van der Waals surface area contributed by atoms with Gasteiger partial charge in [-0.05, 0) is 50.1 Å². The molecule has 1 unspecified atom stereocenters. The first-order valence-electron chi connectivity index (χ1n) is 7.96. The molecule has 1 aromatic carbocycles. The van der Waals surface area contributed by atoms with Crippen LogP contribution in [0, 0.1) is 13.8 Å². The quantitative estimate of drug-likeness (QED) is 0.391. The van der Waals surface area contributed by atoms with Crippen LogP contribution in [-0.4, -0.2) is 26.2 Å². The number of phenolic OH excluding ortho intramolecular Hbond substituents is 1. The Labute approximate surface area is 154 Å². The van der Waals surface area contributed by atoms with Crippen LogP contribution >= 0.6 is 23.1 Å². The van der Waals surface area contributed by atoms with Crippen molar-refractivity contribution in [3.8, 4) is 5.75 Å². The zero-order valence-electron chi connectivity index (χ0n) is 14.2. The molecule has 2 N–H and O–H groups in total. The highest BCUT2D eigenvalue weighted by atomic mass is 32.2. The van der Waals surface area contributed by atoms with Crippen LogP contribution in [0.4, 0.5) is 5.69 Å². The number of phenols is 1. The molecule has 0 spiro atoms. The summed E-state index contributed by atoms with van der Waals surface area (Å²) in [6.45, 7) is 6.13. The van der Waals surface area contributed by atoms with E-state index in [4.69, 9.17) is 0 Å². The van der Waals surface area contributed by atoms with Crippen molar-refractivity contribution in [2.75, 3.05) is 5.32 Å². The lowest BCUT2D eigenvalue weighted by Crippen LogP contribution is -2.24. The molecular weight excluding hydrogens is 354 g/mol. The van der Waals surface area contributed by atoms with E-state index in [9.17, 15) is 9.90 Å². The zero-order valence-corrected chi connectivity index (χ0v) is 15.9. The Hall–Kier alpha value is -2.12. The third kappa shape index (κ3) is 3.77. The van der Waals surface area contributed by atoms with Gasteiger partial charge in [-0.25, -0.2) is 9.97 Å². The molecule has 0 saturated heterocycles. The predicted octanol–water partition coefficient (Wildman–Crippen LogP) is 4.52. The summed E-state index contributed by atoms with van der Waals surface area (Å²) < 4.78 is 0. The van der Waals surface area contributed by atoms with Crippen LogP contribution < -0.4 is 5.32 Å². The van der Waals surface area contributed by atoms with Gasteiger partial charge in [-0.3, -0.25) is 4.79 Å². The first-order valence-corrected chi connectivity index (χ1v) is 9.66. The van der Waals surface area contributed by atoms with Crippen LogP contribution in [0.1, 0.15) is 23.8 Å². The molecule has 0 bridgehead atoms. The Morgan fingerprint density at radius 1 is 1.28 bits per heavy atom. The number of benzene rings is 1. The van der Waals surface area contributed by atoms with Crippen LogP contribution in [0.5, 0.6) is 5.75 Å². The number of rotatable bonds is 5. The molecule has 25 heavy (non-hydrogen) atoms. The van der Waals surface area contributed by atoms with E-state index in [1.807, 2.05) is 6.92 Å². The molecular formula is C18H19N3O2S2. The number of hydrogen-bond donors (Lipinski definition) is 2. The lowest BCUT2D eigenvalue weighted by molar-refractivity contribution is -0.115. The minimum Gasteiger partial charge on any atom is -0.508 e. The molecule has 0 fully saturated rings. The lowest BCUT2D eigenvalue weighted by atomic mass is 10.2. The number of aromatic hydroxyl groups is 1. The van der Waals surface area contributed by atoms with Crippen molar-refractivity contribution in [2.45, 2.75) is 37.5 Å². The van der Waals surface area contributed by atoms with Crippen molar-refractivity contribution >= 4 is 44.9 Å². The smallest absolute Gasteiger partial charge is 0.237 e. The molecule has 0 aliphatic carbocycles. The highest BCUT2D eigenvalue weighted by Crippen LogP contribution is 2.36. The van der Waals surface area contributed by atoms with Crippen molar-refractivity contribution < 1.29 is 9.90 Å². The largest absolute Gasteiger partial charge is 0.508 e. The summed E-state index contributed by atoms with van der Waals surface area (Å²) in [7, 11) is 0. The molecule has 2 aromatic heterocycles. The first-order chi connectivity index (χ1) is 12.0. The number of fused-ring (bicyclic) bond motifs is 1. The van der Waals surface area contributed by atoms with Crippen LogP contribution in [-0.2, 0) is 4.79 Å². The molecule has 1 atom stereocenters. The summed E-state index contributed by atoms with van der Waals surface area (Å²) in [5, 5.41) is 13.9. The van der Waals surface area contributed by atoms with E-state index in [2.05, 4.69) is 29.1 Å². The van der Waals surface area contributed by atoms with Gasteiger partial charge in [-0.2, -0.15) is 0 Å². The minimum atomic E-state index is -0.258. The molecule has 0 aliphatic heterocycles. The van der Waals surface area contributed by atoms with E-state index in [0.29, 0.717) is 12.1 Å². The van der Waals surface area contributed by atoms with Crippen molar-refractivity contribution in [3.63, 3.8) is 0 Å². The maximum Gasteiger partial charge on any atom is 0.237 e. The summed E-state index contributed by atoms with van der Waals surface area (Å²) in [6.07, 6.45) is 2.24. The van der Waals surface area contributed by atoms with Gasteiger partial charge in [0, 0.05) is 16.0 Å². The van der Waals surface area contributed by atoms with Gasteiger partial charge in [0.05, 0.1) is 5.25 Å². The second-order valence-electron chi connectivity index (χ2n) is 5.69. The summed E-state index contributed by atoms with van der Waals surface area (Å²) in [5.74, 6) is 0.0978. The van der Waals surface area contributed by atoms with E-state index in [1.165, 1.54) is 22.2 Å². The topological polar surface area (TPSA) is 75.1 Å². The molecule has 3 rings (SSSR count). The third-order valence-electron chi connectivity index (χ3n) is 3.98. The number of amides is 1. The number of hydrogen-bond acceptors (Lipinski definition) is 6. The van der Waals surface area contributed by atoms with Gasteiger partial charge >= 0.3 is 0 Å². The number of thiophene rings is 1. The first kappa shape index (κ1) is 17.7. The van der Waals surface area contributed by atoms with Crippen molar-refractivity contribution in [3.05, 3.63) is 41.0 Å². The van der Waals surface area contributed by atoms with Gasteiger partial charge in [-0.1, -0.05) is 18.7 Å². The van der Waals surface area contributed by atoms with Gasteiger partial charge < -0.3 is 10.4 Å². The standard InChI is InChI=1S/C18H19N3O2S2/c1-4-14(16(23)21-12-5-7-13(22)8-6-12)25-18-15-10(2)11(3)24-17(15)19-9-20-18/h5-9,14,22H,4H2,1-3H3,(H,21,23). The van der Waals surface area contributed by atoms with Gasteiger partial charge in [-0.15, -0.1) is 11.3 Å². The van der Waals surface area contributed by atoms with Crippen LogP contribution in [0.3, 0.4) is 0 Å².